The molecule has 2 aliphatic heterocycles. The van der Waals surface area contributed by atoms with E-state index >= 15 is 0 Å². The fourth-order valence-corrected chi connectivity index (χ4v) is 4.07. The highest BCUT2D eigenvalue weighted by molar-refractivity contribution is 6.14. The first-order valence-corrected chi connectivity index (χ1v) is 12.7. The molecule has 4 amide bonds. The quantitative estimate of drug-likeness (QED) is 0.212. The van der Waals surface area contributed by atoms with Crippen molar-refractivity contribution in [3.63, 3.8) is 0 Å². The second-order valence-corrected chi connectivity index (χ2v) is 9.97. The summed E-state index contributed by atoms with van der Waals surface area (Å²) in [5.74, 6) is -1.93. The van der Waals surface area contributed by atoms with Crippen LogP contribution in [0.2, 0.25) is 0 Å². The van der Waals surface area contributed by atoms with Gasteiger partial charge in [0.05, 0.1) is 38.4 Å². The van der Waals surface area contributed by atoms with Crippen LogP contribution in [0.3, 0.4) is 0 Å². The van der Waals surface area contributed by atoms with Gasteiger partial charge in [0.15, 0.2) is 6.61 Å². The molecule has 2 heterocycles. The van der Waals surface area contributed by atoms with Gasteiger partial charge in [-0.2, -0.15) is 0 Å². The van der Waals surface area contributed by atoms with Crippen LogP contribution in [0.1, 0.15) is 56.0 Å². The van der Waals surface area contributed by atoms with E-state index in [2.05, 4.69) is 17.2 Å². The van der Waals surface area contributed by atoms with Gasteiger partial charge in [-0.15, -0.1) is 0 Å². The van der Waals surface area contributed by atoms with Crippen molar-refractivity contribution >= 4 is 35.3 Å². The highest BCUT2D eigenvalue weighted by atomic mass is 16.6. The monoisotopic (exact) mass is 545 g/mol. The molecule has 0 aromatic heterocycles. The van der Waals surface area contributed by atoms with Crippen LogP contribution in [0.4, 0.5) is 0 Å². The molecule has 39 heavy (non-hydrogen) atoms. The molecule has 1 unspecified atom stereocenters. The molecule has 12 heteroatoms. The van der Waals surface area contributed by atoms with Crippen LogP contribution >= 0.6 is 0 Å². The number of fused-ring (bicyclic) bond motifs is 1. The van der Waals surface area contributed by atoms with Crippen LogP contribution in [-0.4, -0.2) is 85.7 Å². The summed E-state index contributed by atoms with van der Waals surface area (Å²) in [5.41, 5.74) is 0.534. The van der Waals surface area contributed by atoms with Crippen LogP contribution in [0.5, 0.6) is 5.75 Å². The summed E-state index contributed by atoms with van der Waals surface area (Å²) in [6.45, 7) is 10.4. The van der Waals surface area contributed by atoms with E-state index in [-0.39, 0.29) is 68.8 Å². The third-order valence-corrected chi connectivity index (χ3v) is 5.75. The van der Waals surface area contributed by atoms with Gasteiger partial charge in [-0.25, -0.2) is 0 Å². The Labute approximate surface area is 227 Å². The van der Waals surface area contributed by atoms with Crippen molar-refractivity contribution in [2.24, 2.45) is 0 Å². The number of nitrogens with one attached hydrogen (secondary N) is 2. The molecule has 0 saturated carbocycles. The van der Waals surface area contributed by atoms with Crippen molar-refractivity contribution in [3.05, 3.63) is 35.9 Å². The van der Waals surface area contributed by atoms with Gasteiger partial charge in [0, 0.05) is 24.2 Å². The Bertz CT molecular complexity index is 1130. The number of benzene rings is 1. The number of hydrogen-bond acceptors (Lipinski definition) is 9. The lowest BCUT2D eigenvalue weighted by Crippen LogP contribution is -2.52. The molecule has 212 valence electrons. The summed E-state index contributed by atoms with van der Waals surface area (Å²) >= 11 is 0. The minimum absolute atomic E-state index is 0.123. The van der Waals surface area contributed by atoms with Gasteiger partial charge in [0.2, 0.25) is 11.8 Å². The van der Waals surface area contributed by atoms with Crippen molar-refractivity contribution in [2.75, 3.05) is 39.6 Å². The third-order valence-electron chi connectivity index (χ3n) is 5.75. The maximum absolute atomic E-state index is 13.2. The molecule has 1 aromatic carbocycles. The molecule has 3 rings (SSSR count). The maximum atomic E-state index is 13.2. The average molecular weight is 546 g/mol. The Morgan fingerprint density at radius 3 is 2.51 bits per heavy atom. The number of carbonyl (C=O) groups excluding carboxylic acids is 5. The van der Waals surface area contributed by atoms with Crippen LogP contribution in [0, 0.1) is 0 Å². The molecule has 1 saturated heterocycles. The zero-order valence-corrected chi connectivity index (χ0v) is 22.5. The highest BCUT2D eigenvalue weighted by Crippen LogP contribution is 2.39. The Morgan fingerprint density at radius 1 is 1.10 bits per heavy atom. The number of rotatable bonds is 13. The Kier molecular flexibility index (Phi) is 10.2. The summed E-state index contributed by atoms with van der Waals surface area (Å²) in [6.07, 6.45) is 0.479. The van der Waals surface area contributed by atoms with E-state index in [4.69, 9.17) is 18.9 Å². The topological polar surface area (TPSA) is 150 Å². The first kappa shape index (κ1) is 29.8. The average Bonchev–Trinajstić information content (AvgIpc) is 3.11. The van der Waals surface area contributed by atoms with Gasteiger partial charge in [-0.05, 0) is 33.3 Å². The highest BCUT2D eigenvalue weighted by Gasteiger charge is 2.42. The van der Waals surface area contributed by atoms with Gasteiger partial charge < -0.3 is 24.3 Å². The first-order valence-electron chi connectivity index (χ1n) is 12.7. The summed E-state index contributed by atoms with van der Waals surface area (Å²) in [7, 11) is 0. The molecule has 0 spiro atoms. The van der Waals surface area contributed by atoms with Crippen molar-refractivity contribution in [2.45, 2.75) is 51.7 Å². The number of amides is 4. The predicted molar refractivity (Wildman–Crippen MR) is 138 cm³/mol. The summed E-state index contributed by atoms with van der Waals surface area (Å²) < 4.78 is 21.5. The Morgan fingerprint density at radius 2 is 1.82 bits per heavy atom. The zero-order valence-electron chi connectivity index (χ0n) is 22.5. The lowest BCUT2D eigenvalue weighted by Gasteiger charge is -2.30. The third kappa shape index (κ3) is 8.36. The van der Waals surface area contributed by atoms with E-state index < -0.39 is 29.4 Å². The number of esters is 1. The van der Waals surface area contributed by atoms with Crippen LogP contribution < -0.4 is 15.4 Å². The zero-order chi connectivity index (χ0) is 28.6. The van der Waals surface area contributed by atoms with Crippen LogP contribution in [-0.2, 0) is 33.4 Å². The maximum Gasteiger partial charge on any atom is 0.308 e. The van der Waals surface area contributed by atoms with E-state index in [9.17, 15) is 24.0 Å². The fourth-order valence-electron chi connectivity index (χ4n) is 4.07. The normalized spacial score (nSPS) is 17.1. The lowest BCUT2D eigenvalue weighted by molar-refractivity contribution is -0.156. The van der Waals surface area contributed by atoms with Gasteiger partial charge >= 0.3 is 5.97 Å². The number of piperidine rings is 1. The number of hydrogen-bond donors (Lipinski definition) is 2. The molecule has 12 nitrogen and oxygen atoms in total. The molecule has 0 radical (unpaired) electrons. The number of ether oxygens (including phenoxy) is 4. The smallest absolute Gasteiger partial charge is 0.308 e. The standard InChI is InChI=1S/C27H35N3O9/c1-17-18-6-5-7-20(24(18)26(35)30(17)19-8-9-21(31)29-25(19)34)38-16-22(32)28-11-13-37-15-14-36-12-10-23(33)39-27(2,3)4/h5-7,19H,1,8-16H2,2-4H3,(H,28,32)(H,29,31,34). The van der Waals surface area contributed by atoms with Crippen LogP contribution in [0.25, 0.3) is 5.70 Å². The Balaban J connectivity index is 1.36. The molecule has 1 fully saturated rings. The molecule has 1 atom stereocenters. The molecular weight excluding hydrogens is 510 g/mol. The minimum atomic E-state index is -0.846. The summed E-state index contributed by atoms with van der Waals surface area (Å²) in [5, 5.41) is 4.91. The minimum Gasteiger partial charge on any atom is -0.483 e. The second kappa shape index (κ2) is 13.3. The van der Waals surface area contributed by atoms with E-state index in [0.717, 1.165) is 0 Å². The first-order chi connectivity index (χ1) is 18.5. The lowest BCUT2D eigenvalue weighted by atomic mass is 10.0. The van der Waals surface area contributed by atoms with Crippen LogP contribution in [0.15, 0.2) is 24.8 Å². The number of imide groups is 1. The molecule has 1 aromatic rings. The molecule has 2 N–H and O–H groups in total. The molecular formula is C27H35N3O9. The molecule has 0 bridgehead atoms. The van der Waals surface area contributed by atoms with Crippen molar-refractivity contribution in [3.8, 4) is 5.75 Å². The van der Waals surface area contributed by atoms with Gasteiger partial charge in [-0.3, -0.25) is 34.2 Å². The number of nitrogens with zero attached hydrogens (tertiary/aromatic N) is 1. The summed E-state index contributed by atoms with van der Waals surface area (Å²) in [6, 6.07) is 4.08. The van der Waals surface area contributed by atoms with Gasteiger partial charge in [-0.1, -0.05) is 18.7 Å². The molecule has 2 aliphatic rings. The van der Waals surface area contributed by atoms with Crippen molar-refractivity contribution in [1.29, 1.82) is 0 Å². The predicted octanol–water partition coefficient (Wildman–Crippen LogP) is 1.18. The second-order valence-electron chi connectivity index (χ2n) is 9.97. The van der Waals surface area contributed by atoms with Gasteiger partial charge in [0.25, 0.3) is 11.8 Å². The van der Waals surface area contributed by atoms with Gasteiger partial charge in [0.1, 0.15) is 17.4 Å². The molecule has 0 aliphatic carbocycles. The Hall–Kier alpha value is -3.77. The summed E-state index contributed by atoms with van der Waals surface area (Å²) in [4.78, 5) is 62.1. The largest absolute Gasteiger partial charge is 0.483 e. The SMILES string of the molecule is C=C1c2cccc(OCC(=O)NCCOCCOCCC(=O)OC(C)(C)C)c2C(=O)N1C1CCC(=O)NC1=O. The van der Waals surface area contributed by atoms with E-state index in [1.807, 2.05) is 0 Å². The van der Waals surface area contributed by atoms with E-state index in [1.165, 1.54) is 4.90 Å². The van der Waals surface area contributed by atoms with Crippen molar-refractivity contribution < 1.29 is 42.9 Å². The van der Waals surface area contributed by atoms with Crippen molar-refractivity contribution in [1.82, 2.24) is 15.5 Å². The fraction of sp³-hybridized carbons (Fsp3) is 0.519. The van der Waals surface area contributed by atoms with E-state index in [0.29, 0.717) is 24.5 Å². The number of carbonyl (C=O) groups is 5. The van der Waals surface area contributed by atoms with E-state index in [1.54, 1.807) is 39.0 Å².